The van der Waals surface area contributed by atoms with E-state index in [-0.39, 0.29) is 23.4 Å². The topological polar surface area (TPSA) is 69.7 Å². The molecular formula is C22H35N3O3S. The number of hydrogen-bond donors (Lipinski definition) is 1. The molecule has 1 aromatic rings. The molecule has 29 heavy (non-hydrogen) atoms. The van der Waals surface area contributed by atoms with Gasteiger partial charge in [-0.2, -0.15) is 0 Å². The lowest BCUT2D eigenvalue weighted by atomic mass is 9.85. The molecule has 0 atom stereocenters. The van der Waals surface area contributed by atoms with Crippen LogP contribution in [0, 0.1) is 12.8 Å². The minimum absolute atomic E-state index is 0.0235. The van der Waals surface area contributed by atoms with Gasteiger partial charge in [0.2, 0.25) is 15.9 Å². The van der Waals surface area contributed by atoms with Crippen molar-refractivity contribution in [1.29, 1.82) is 0 Å². The molecule has 0 radical (unpaired) electrons. The highest BCUT2D eigenvalue weighted by Crippen LogP contribution is 2.28. The van der Waals surface area contributed by atoms with Crippen LogP contribution in [0.15, 0.2) is 29.2 Å². The van der Waals surface area contributed by atoms with Crippen LogP contribution in [0.4, 0.5) is 0 Å². The summed E-state index contributed by atoms with van der Waals surface area (Å²) in [6.45, 7) is 11.9. The first-order valence-corrected chi connectivity index (χ1v) is 12.2. The summed E-state index contributed by atoms with van der Waals surface area (Å²) in [5.74, 6) is 0.272. The molecule has 1 aliphatic carbocycles. The zero-order valence-corrected chi connectivity index (χ0v) is 19.0. The minimum atomic E-state index is -3.52. The Morgan fingerprint density at radius 2 is 1.59 bits per heavy atom. The highest BCUT2D eigenvalue weighted by molar-refractivity contribution is 7.89. The fraction of sp³-hybridized carbons (Fsp3) is 0.682. The summed E-state index contributed by atoms with van der Waals surface area (Å²) in [6, 6.07) is 6.94. The number of rotatable bonds is 4. The number of aryl methyl sites for hydroxylation is 1. The molecule has 0 unspecified atom stereocenters. The molecule has 1 N–H and O–H groups in total. The minimum Gasteiger partial charge on any atom is -0.340 e. The van der Waals surface area contributed by atoms with E-state index >= 15 is 0 Å². The first-order chi connectivity index (χ1) is 13.6. The second-order valence-electron chi connectivity index (χ2n) is 9.42. The fourth-order valence-corrected chi connectivity index (χ4v) is 6.01. The van der Waals surface area contributed by atoms with Gasteiger partial charge in [0.15, 0.2) is 0 Å². The smallest absolute Gasteiger partial charge is 0.241 e. The summed E-state index contributed by atoms with van der Waals surface area (Å²) in [4.78, 5) is 17.7. The van der Waals surface area contributed by atoms with Crippen LogP contribution in [-0.4, -0.2) is 61.9 Å². The highest BCUT2D eigenvalue weighted by atomic mass is 32.2. The van der Waals surface area contributed by atoms with Gasteiger partial charge in [-0.25, -0.2) is 13.1 Å². The molecule has 162 valence electrons. The molecule has 1 aliphatic heterocycles. The zero-order valence-electron chi connectivity index (χ0n) is 18.1. The van der Waals surface area contributed by atoms with E-state index in [0.29, 0.717) is 17.7 Å². The number of carbonyl (C=O) groups excluding carboxylic acids is 1. The Balaban J connectivity index is 1.51. The molecule has 0 aromatic heterocycles. The van der Waals surface area contributed by atoms with E-state index in [1.165, 1.54) is 0 Å². The van der Waals surface area contributed by atoms with Gasteiger partial charge < -0.3 is 4.90 Å². The maximum atomic E-state index is 12.9. The van der Waals surface area contributed by atoms with Crippen LogP contribution >= 0.6 is 0 Å². The predicted octanol–water partition coefficient (Wildman–Crippen LogP) is 2.77. The summed E-state index contributed by atoms with van der Waals surface area (Å²) in [7, 11) is -3.52. The largest absolute Gasteiger partial charge is 0.340 e. The van der Waals surface area contributed by atoms with E-state index in [9.17, 15) is 13.2 Å². The van der Waals surface area contributed by atoms with Gasteiger partial charge >= 0.3 is 0 Å². The molecule has 1 aromatic carbocycles. The number of amides is 1. The van der Waals surface area contributed by atoms with Crippen LogP contribution in [0.3, 0.4) is 0 Å². The molecule has 0 spiro atoms. The number of nitrogens with one attached hydrogen (secondary N) is 1. The van der Waals surface area contributed by atoms with Gasteiger partial charge in [-0.15, -0.1) is 0 Å². The Hall–Kier alpha value is -1.44. The second-order valence-corrected chi connectivity index (χ2v) is 11.1. The van der Waals surface area contributed by atoms with Gasteiger partial charge in [-0.1, -0.05) is 18.2 Å². The van der Waals surface area contributed by atoms with E-state index < -0.39 is 10.0 Å². The Morgan fingerprint density at radius 1 is 1.00 bits per heavy atom. The third-order valence-corrected chi connectivity index (χ3v) is 8.00. The summed E-state index contributed by atoms with van der Waals surface area (Å²) < 4.78 is 28.3. The third-order valence-electron chi connectivity index (χ3n) is 6.32. The third kappa shape index (κ3) is 5.38. The molecule has 7 heteroatoms. The van der Waals surface area contributed by atoms with Crippen molar-refractivity contribution in [2.75, 3.05) is 26.2 Å². The van der Waals surface area contributed by atoms with Gasteiger partial charge in [0.1, 0.15) is 0 Å². The number of benzene rings is 1. The van der Waals surface area contributed by atoms with Crippen molar-refractivity contribution in [3.8, 4) is 0 Å². The van der Waals surface area contributed by atoms with Crippen LogP contribution in [0.25, 0.3) is 0 Å². The van der Waals surface area contributed by atoms with E-state index in [2.05, 4.69) is 30.4 Å². The van der Waals surface area contributed by atoms with Crippen LogP contribution < -0.4 is 4.72 Å². The van der Waals surface area contributed by atoms with E-state index in [1.807, 2.05) is 24.0 Å². The normalized spacial score (nSPS) is 24.5. The summed E-state index contributed by atoms with van der Waals surface area (Å²) in [5, 5.41) is 0. The quantitative estimate of drug-likeness (QED) is 0.812. The molecule has 1 amide bonds. The number of piperazine rings is 1. The Kier molecular flexibility index (Phi) is 6.70. The van der Waals surface area contributed by atoms with Gasteiger partial charge in [0, 0.05) is 43.7 Å². The number of nitrogens with zero attached hydrogens (tertiary/aromatic N) is 2. The number of hydrogen-bond acceptors (Lipinski definition) is 4. The van der Waals surface area contributed by atoms with Crippen molar-refractivity contribution >= 4 is 15.9 Å². The maximum Gasteiger partial charge on any atom is 0.241 e. The molecule has 2 fully saturated rings. The van der Waals surface area contributed by atoms with Crippen molar-refractivity contribution in [3.63, 3.8) is 0 Å². The van der Waals surface area contributed by atoms with E-state index in [1.54, 1.807) is 12.1 Å². The average molecular weight is 422 g/mol. The lowest BCUT2D eigenvalue weighted by molar-refractivity contribution is -0.139. The van der Waals surface area contributed by atoms with Gasteiger partial charge in [-0.3, -0.25) is 9.69 Å². The lowest BCUT2D eigenvalue weighted by Crippen LogP contribution is -2.55. The Morgan fingerprint density at radius 3 is 2.14 bits per heavy atom. The van der Waals surface area contributed by atoms with Crippen LogP contribution in [0.2, 0.25) is 0 Å². The molecule has 2 aliphatic rings. The molecular weight excluding hydrogens is 386 g/mol. The summed E-state index contributed by atoms with van der Waals surface area (Å²) in [5.41, 5.74) is 0.889. The first-order valence-electron chi connectivity index (χ1n) is 10.7. The van der Waals surface area contributed by atoms with Crippen LogP contribution in [0.1, 0.15) is 52.0 Å². The number of carbonyl (C=O) groups is 1. The van der Waals surface area contributed by atoms with Crippen molar-refractivity contribution in [2.24, 2.45) is 5.92 Å². The Labute approximate surface area is 175 Å². The average Bonchev–Trinajstić information content (AvgIpc) is 2.67. The van der Waals surface area contributed by atoms with Gasteiger partial charge in [0.25, 0.3) is 0 Å². The molecule has 1 heterocycles. The first kappa shape index (κ1) is 22.2. The fourth-order valence-electron chi connectivity index (χ4n) is 4.45. The Bertz CT molecular complexity index is 816. The molecule has 6 nitrogen and oxygen atoms in total. The van der Waals surface area contributed by atoms with Crippen LogP contribution in [-0.2, 0) is 14.8 Å². The summed E-state index contributed by atoms with van der Waals surface area (Å²) in [6.07, 6.45) is 2.92. The SMILES string of the molecule is Cc1ccccc1S(=O)(=O)NC1CCC(C(=O)N2CCN(C(C)(C)C)CC2)CC1. The van der Waals surface area contributed by atoms with Crippen LogP contribution in [0.5, 0.6) is 0 Å². The van der Waals surface area contributed by atoms with Gasteiger partial charge in [-0.05, 0) is 65.0 Å². The maximum absolute atomic E-state index is 12.9. The van der Waals surface area contributed by atoms with Crippen molar-refractivity contribution in [3.05, 3.63) is 29.8 Å². The highest BCUT2D eigenvalue weighted by Gasteiger charge is 2.34. The predicted molar refractivity (Wildman–Crippen MR) is 115 cm³/mol. The second kappa shape index (κ2) is 8.74. The van der Waals surface area contributed by atoms with E-state index in [4.69, 9.17) is 0 Å². The van der Waals surface area contributed by atoms with Gasteiger partial charge in [0.05, 0.1) is 4.90 Å². The van der Waals surface area contributed by atoms with Crippen molar-refractivity contribution < 1.29 is 13.2 Å². The lowest BCUT2D eigenvalue weighted by Gasteiger charge is -2.43. The molecule has 3 rings (SSSR count). The number of sulfonamides is 1. The van der Waals surface area contributed by atoms with Crippen molar-refractivity contribution in [1.82, 2.24) is 14.5 Å². The molecule has 1 saturated carbocycles. The molecule has 1 saturated heterocycles. The monoisotopic (exact) mass is 421 g/mol. The van der Waals surface area contributed by atoms with Crippen molar-refractivity contribution in [2.45, 2.75) is 69.9 Å². The van der Waals surface area contributed by atoms with E-state index in [0.717, 1.165) is 44.6 Å². The zero-order chi connectivity index (χ0) is 21.2. The molecule has 0 bridgehead atoms. The summed E-state index contributed by atoms with van der Waals surface area (Å²) >= 11 is 0. The standard InChI is InChI=1S/C22H35N3O3S/c1-17-7-5-6-8-20(17)29(27,28)23-19-11-9-18(10-12-19)21(26)24-13-15-25(16-14-24)22(2,3)4/h5-8,18-19,23H,9-16H2,1-4H3.